The van der Waals surface area contributed by atoms with E-state index in [1.165, 1.54) is 11.6 Å². The largest absolute Gasteiger partial charge is 0.353 e. The summed E-state index contributed by atoms with van der Waals surface area (Å²) in [5.41, 5.74) is 1.85. The van der Waals surface area contributed by atoms with Gasteiger partial charge in [-0.3, -0.25) is 9.69 Å². The summed E-state index contributed by atoms with van der Waals surface area (Å²) in [6, 6.07) is 14.8. The Morgan fingerprint density at radius 1 is 1.12 bits per heavy atom. The van der Waals surface area contributed by atoms with Gasteiger partial charge >= 0.3 is 0 Å². The number of carbonyl (C=O) groups is 1. The van der Waals surface area contributed by atoms with E-state index in [9.17, 15) is 9.18 Å². The summed E-state index contributed by atoms with van der Waals surface area (Å²) in [4.78, 5) is 14.5. The zero-order chi connectivity index (χ0) is 18.4. The molecule has 0 radical (unpaired) electrons. The van der Waals surface area contributed by atoms with E-state index in [1.807, 2.05) is 12.1 Å². The summed E-state index contributed by atoms with van der Waals surface area (Å²) in [5.74, 6) is -0.236. The second-order valence-corrected chi connectivity index (χ2v) is 7.27. The molecule has 26 heavy (non-hydrogen) atoms. The fraction of sp³-hybridized carbons (Fsp3) is 0.381. The van der Waals surface area contributed by atoms with Gasteiger partial charge in [-0.15, -0.1) is 0 Å². The molecule has 0 spiro atoms. The molecule has 3 nitrogen and oxygen atoms in total. The predicted octanol–water partition coefficient (Wildman–Crippen LogP) is 4.19. The van der Waals surface area contributed by atoms with Crippen molar-refractivity contribution in [1.82, 2.24) is 10.2 Å². The van der Waals surface area contributed by atoms with Crippen molar-refractivity contribution in [3.63, 3.8) is 0 Å². The van der Waals surface area contributed by atoms with Crippen molar-refractivity contribution in [2.45, 2.75) is 38.3 Å². The summed E-state index contributed by atoms with van der Waals surface area (Å²) >= 11 is 5.92. The Morgan fingerprint density at radius 3 is 2.50 bits per heavy atom. The van der Waals surface area contributed by atoms with Gasteiger partial charge in [-0.2, -0.15) is 0 Å². The number of hydrogen-bond acceptors (Lipinski definition) is 2. The molecule has 0 aromatic heterocycles. The van der Waals surface area contributed by atoms with Crippen LogP contribution in [0.1, 0.15) is 30.4 Å². The van der Waals surface area contributed by atoms with E-state index in [0.717, 1.165) is 37.5 Å². The normalized spacial score (nSPS) is 15.8. The second-order valence-electron chi connectivity index (χ2n) is 6.84. The van der Waals surface area contributed by atoms with Crippen LogP contribution in [-0.4, -0.2) is 29.9 Å². The Kier molecular flexibility index (Phi) is 6.64. The van der Waals surface area contributed by atoms with Gasteiger partial charge in [-0.05, 0) is 48.6 Å². The van der Waals surface area contributed by atoms with Crippen molar-refractivity contribution in [1.29, 1.82) is 0 Å². The van der Waals surface area contributed by atoms with Crippen LogP contribution in [0, 0.1) is 5.82 Å². The van der Waals surface area contributed by atoms with Crippen molar-refractivity contribution < 1.29 is 9.18 Å². The summed E-state index contributed by atoms with van der Waals surface area (Å²) in [6.45, 7) is 2.83. The zero-order valence-corrected chi connectivity index (χ0v) is 15.5. The summed E-state index contributed by atoms with van der Waals surface area (Å²) in [6.07, 6.45) is 2.65. The molecule has 1 amide bonds. The molecule has 0 aliphatic carbocycles. The third kappa shape index (κ3) is 5.55. The molecule has 1 fully saturated rings. The Bertz CT molecular complexity index is 727. The minimum atomic E-state index is -0.240. The van der Waals surface area contributed by atoms with E-state index in [-0.39, 0.29) is 17.8 Å². The third-order valence-electron chi connectivity index (χ3n) is 4.85. The first-order chi connectivity index (χ1) is 12.6. The lowest BCUT2D eigenvalue weighted by Crippen LogP contribution is -2.44. The third-order valence-corrected chi connectivity index (χ3v) is 5.10. The van der Waals surface area contributed by atoms with Crippen LogP contribution in [0.5, 0.6) is 0 Å². The van der Waals surface area contributed by atoms with Gasteiger partial charge < -0.3 is 5.32 Å². The molecule has 1 N–H and O–H groups in total. The fourth-order valence-electron chi connectivity index (χ4n) is 3.33. The van der Waals surface area contributed by atoms with Crippen LogP contribution >= 0.6 is 11.6 Å². The first-order valence-corrected chi connectivity index (χ1v) is 9.47. The number of likely N-dealkylation sites (tertiary alicyclic amines) is 1. The standard InChI is InChI=1S/C21H24ClFN2O/c22-18-8-5-16(6-9-18)15-25-13-11-19(12-14-25)24-21(26)10-7-17-3-1-2-4-20(17)23/h1-6,8-9,19H,7,10-15H2,(H,24,26). The van der Waals surface area contributed by atoms with Gasteiger partial charge in [0.05, 0.1) is 0 Å². The minimum absolute atomic E-state index is 0.00408. The maximum atomic E-state index is 13.6. The highest BCUT2D eigenvalue weighted by molar-refractivity contribution is 6.30. The van der Waals surface area contributed by atoms with Crippen molar-refractivity contribution in [2.24, 2.45) is 0 Å². The minimum Gasteiger partial charge on any atom is -0.353 e. The van der Waals surface area contributed by atoms with Crippen molar-refractivity contribution in [3.8, 4) is 0 Å². The molecule has 1 aliphatic heterocycles. The van der Waals surface area contributed by atoms with Gasteiger partial charge in [0, 0.05) is 37.1 Å². The number of nitrogens with zero attached hydrogens (tertiary/aromatic N) is 1. The van der Waals surface area contributed by atoms with Crippen LogP contribution < -0.4 is 5.32 Å². The summed E-state index contributed by atoms with van der Waals surface area (Å²) in [7, 11) is 0. The maximum absolute atomic E-state index is 13.6. The van der Waals surface area contributed by atoms with Gasteiger partial charge in [-0.1, -0.05) is 41.9 Å². The smallest absolute Gasteiger partial charge is 0.220 e. The molecule has 0 unspecified atom stereocenters. The lowest BCUT2D eigenvalue weighted by molar-refractivity contribution is -0.122. The predicted molar refractivity (Wildman–Crippen MR) is 103 cm³/mol. The zero-order valence-electron chi connectivity index (χ0n) is 14.8. The molecule has 0 saturated carbocycles. The molecular formula is C21H24ClFN2O. The van der Waals surface area contributed by atoms with Gasteiger partial charge in [-0.25, -0.2) is 4.39 Å². The first-order valence-electron chi connectivity index (χ1n) is 9.10. The van der Waals surface area contributed by atoms with Gasteiger partial charge in [0.1, 0.15) is 5.82 Å². The van der Waals surface area contributed by atoms with Crippen LogP contribution in [0.15, 0.2) is 48.5 Å². The van der Waals surface area contributed by atoms with Crippen LogP contribution in [0.2, 0.25) is 5.02 Å². The molecule has 2 aromatic carbocycles. The molecular weight excluding hydrogens is 351 g/mol. The molecule has 0 atom stereocenters. The van der Waals surface area contributed by atoms with Crippen LogP contribution in [-0.2, 0) is 17.8 Å². The number of carbonyl (C=O) groups excluding carboxylic acids is 1. The summed E-state index contributed by atoms with van der Waals surface area (Å²) in [5, 5.41) is 3.85. The molecule has 1 aliphatic rings. The SMILES string of the molecule is O=C(CCc1ccccc1F)NC1CCN(Cc2ccc(Cl)cc2)CC1. The monoisotopic (exact) mass is 374 g/mol. The Morgan fingerprint density at radius 2 is 1.81 bits per heavy atom. The molecule has 3 rings (SSSR count). The summed E-state index contributed by atoms with van der Waals surface area (Å²) < 4.78 is 13.6. The Balaban J connectivity index is 1.38. The molecule has 1 saturated heterocycles. The first kappa shape index (κ1) is 18.9. The number of piperidine rings is 1. The Hall–Kier alpha value is -1.91. The molecule has 138 valence electrons. The van der Waals surface area contributed by atoms with Crippen LogP contribution in [0.4, 0.5) is 4.39 Å². The van der Waals surface area contributed by atoms with Crippen molar-refractivity contribution in [2.75, 3.05) is 13.1 Å². The van der Waals surface area contributed by atoms with E-state index in [1.54, 1.807) is 18.2 Å². The molecule has 0 bridgehead atoms. The number of halogens is 2. The van der Waals surface area contributed by atoms with E-state index < -0.39 is 0 Å². The maximum Gasteiger partial charge on any atom is 0.220 e. The fourth-order valence-corrected chi connectivity index (χ4v) is 3.46. The number of aryl methyl sites for hydroxylation is 1. The number of nitrogens with one attached hydrogen (secondary N) is 1. The van der Waals surface area contributed by atoms with Gasteiger partial charge in [0.2, 0.25) is 5.91 Å². The molecule has 1 heterocycles. The highest BCUT2D eigenvalue weighted by Gasteiger charge is 2.20. The van der Waals surface area contributed by atoms with Crippen LogP contribution in [0.25, 0.3) is 0 Å². The average Bonchev–Trinajstić information content (AvgIpc) is 2.64. The lowest BCUT2D eigenvalue weighted by atomic mass is 10.0. The number of rotatable bonds is 6. The Labute approximate surface area is 159 Å². The van der Waals surface area contributed by atoms with E-state index in [4.69, 9.17) is 11.6 Å². The second kappa shape index (κ2) is 9.15. The number of amides is 1. The van der Waals surface area contributed by atoms with Crippen molar-refractivity contribution >= 4 is 17.5 Å². The van der Waals surface area contributed by atoms with Gasteiger partial charge in [0.15, 0.2) is 0 Å². The van der Waals surface area contributed by atoms with Crippen molar-refractivity contribution in [3.05, 3.63) is 70.5 Å². The highest BCUT2D eigenvalue weighted by atomic mass is 35.5. The number of benzene rings is 2. The highest BCUT2D eigenvalue weighted by Crippen LogP contribution is 2.16. The van der Waals surface area contributed by atoms with Crippen LogP contribution in [0.3, 0.4) is 0 Å². The lowest BCUT2D eigenvalue weighted by Gasteiger charge is -2.32. The number of hydrogen-bond donors (Lipinski definition) is 1. The molecule has 2 aromatic rings. The topological polar surface area (TPSA) is 32.3 Å². The quantitative estimate of drug-likeness (QED) is 0.822. The molecule has 5 heteroatoms. The van der Waals surface area contributed by atoms with E-state index in [2.05, 4.69) is 22.3 Å². The van der Waals surface area contributed by atoms with Gasteiger partial charge in [0.25, 0.3) is 0 Å². The van der Waals surface area contributed by atoms with E-state index >= 15 is 0 Å². The van der Waals surface area contributed by atoms with E-state index in [0.29, 0.717) is 18.4 Å². The average molecular weight is 375 g/mol.